The summed E-state index contributed by atoms with van der Waals surface area (Å²) >= 11 is 0. The molecule has 0 aromatic heterocycles. The third-order valence-corrected chi connectivity index (χ3v) is 2.49. The Hall–Kier alpha value is -0.380. The van der Waals surface area contributed by atoms with Gasteiger partial charge in [0.1, 0.15) is 0 Å². The standard InChI is InChI=1S/C10H16O3/c11-8-4-5-9(7-8)13-10-3-1-2-6-12-10/h4-5,8-11H,1-3,6-7H2. The third kappa shape index (κ3) is 2.53. The minimum absolute atomic E-state index is 0.0475. The molecule has 74 valence electrons. The molecule has 1 aliphatic carbocycles. The van der Waals surface area contributed by atoms with Crippen LogP contribution in [0.2, 0.25) is 0 Å². The highest BCUT2D eigenvalue weighted by molar-refractivity contribution is 5.03. The lowest BCUT2D eigenvalue weighted by molar-refractivity contribution is -0.179. The lowest BCUT2D eigenvalue weighted by Gasteiger charge is -2.25. The second-order valence-corrected chi connectivity index (χ2v) is 3.66. The van der Waals surface area contributed by atoms with Crippen molar-refractivity contribution in [2.75, 3.05) is 6.61 Å². The van der Waals surface area contributed by atoms with Gasteiger partial charge in [-0.15, -0.1) is 0 Å². The predicted molar refractivity (Wildman–Crippen MR) is 48.2 cm³/mol. The Balaban J connectivity index is 1.74. The zero-order valence-electron chi connectivity index (χ0n) is 7.69. The van der Waals surface area contributed by atoms with E-state index in [0.717, 1.165) is 19.4 Å². The first kappa shape index (κ1) is 9.19. The third-order valence-electron chi connectivity index (χ3n) is 2.49. The number of hydrogen-bond donors (Lipinski definition) is 1. The molecule has 1 fully saturated rings. The van der Waals surface area contributed by atoms with Crippen LogP contribution in [0.4, 0.5) is 0 Å². The molecule has 13 heavy (non-hydrogen) atoms. The molecule has 3 heteroatoms. The molecule has 3 atom stereocenters. The van der Waals surface area contributed by atoms with E-state index in [4.69, 9.17) is 9.47 Å². The van der Waals surface area contributed by atoms with Gasteiger partial charge in [0.25, 0.3) is 0 Å². The Morgan fingerprint density at radius 2 is 2.23 bits per heavy atom. The average Bonchev–Trinajstić information content (AvgIpc) is 2.53. The zero-order chi connectivity index (χ0) is 9.10. The monoisotopic (exact) mass is 184 g/mol. The highest BCUT2D eigenvalue weighted by Crippen LogP contribution is 2.20. The van der Waals surface area contributed by atoms with Crippen molar-refractivity contribution in [3.05, 3.63) is 12.2 Å². The topological polar surface area (TPSA) is 38.7 Å². The second-order valence-electron chi connectivity index (χ2n) is 3.66. The summed E-state index contributed by atoms with van der Waals surface area (Å²) in [6.45, 7) is 0.809. The first-order chi connectivity index (χ1) is 6.34. The fourth-order valence-corrected chi connectivity index (χ4v) is 1.76. The lowest BCUT2D eigenvalue weighted by atomic mass is 10.2. The molecule has 0 amide bonds. The Morgan fingerprint density at radius 1 is 1.31 bits per heavy atom. The molecular weight excluding hydrogens is 168 g/mol. The van der Waals surface area contributed by atoms with Crippen molar-refractivity contribution < 1.29 is 14.6 Å². The molecule has 1 saturated heterocycles. The van der Waals surface area contributed by atoms with E-state index >= 15 is 0 Å². The van der Waals surface area contributed by atoms with Crippen LogP contribution in [0, 0.1) is 0 Å². The minimum Gasteiger partial charge on any atom is -0.389 e. The van der Waals surface area contributed by atoms with Crippen LogP contribution >= 0.6 is 0 Å². The molecule has 2 aliphatic rings. The Labute approximate surface area is 78.3 Å². The summed E-state index contributed by atoms with van der Waals surface area (Å²) in [7, 11) is 0. The molecule has 3 unspecified atom stereocenters. The molecule has 2 rings (SSSR count). The number of aliphatic hydroxyl groups is 1. The molecule has 3 nitrogen and oxygen atoms in total. The van der Waals surface area contributed by atoms with Gasteiger partial charge in [0, 0.05) is 13.0 Å². The summed E-state index contributed by atoms with van der Waals surface area (Å²) in [5.74, 6) is 0. The van der Waals surface area contributed by atoms with Gasteiger partial charge < -0.3 is 14.6 Å². The van der Waals surface area contributed by atoms with E-state index in [1.54, 1.807) is 6.08 Å². The maximum Gasteiger partial charge on any atom is 0.158 e. The molecule has 1 aliphatic heterocycles. The van der Waals surface area contributed by atoms with Crippen molar-refractivity contribution in [1.82, 2.24) is 0 Å². The van der Waals surface area contributed by atoms with E-state index in [-0.39, 0.29) is 18.5 Å². The fourth-order valence-electron chi connectivity index (χ4n) is 1.76. The lowest BCUT2D eigenvalue weighted by Crippen LogP contribution is -2.26. The van der Waals surface area contributed by atoms with Gasteiger partial charge in [0.05, 0.1) is 12.2 Å². The maximum absolute atomic E-state index is 9.22. The van der Waals surface area contributed by atoms with Crippen LogP contribution < -0.4 is 0 Å². The van der Waals surface area contributed by atoms with Gasteiger partial charge >= 0.3 is 0 Å². The van der Waals surface area contributed by atoms with Gasteiger partial charge in [-0.1, -0.05) is 12.2 Å². The van der Waals surface area contributed by atoms with Gasteiger partial charge in [0.15, 0.2) is 6.29 Å². The molecule has 0 aromatic rings. The van der Waals surface area contributed by atoms with Crippen LogP contribution in [-0.2, 0) is 9.47 Å². The molecule has 1 heterocycles. The Kier molecular flexibility index (Phi) is 2.98. The van der Waals surface area contributed by atoms with Crippen molar-refractivity contribution in [2.45, 2.75) is 44.2 Å². The average molecular weight is 184 g/mol. The number of ether oxygens (including phenoxy) is 2. The maximum atomic E-state index is 9.22. The summed E-state index contributed by atoms with van der Waals surface area (Å²) in [5.41, 5.74) is 0. The van der Waals surface area contributed by atoms with Crippen molar-refractivity contribution in [1.29, 1.82) is 0 Å². The minimum atomic E-state index is -0.325. The van der Waals surface area contributed by atoms with Gasteiger partial charge in [0.2, 0.25) is 0 Å². The largest absolute Gasteiger partial charge is 0.389 e. The summed E-state index contributed by atoms with van der Waals surface area (Å²) in [4.78, 5) is 0. The zero-order valence-corrected chi connectivity index (χ0v) is 7.69. The predicted octanol–water partition coefficient (Wildman–Crippen LogP) is 1.22. The van der Waals surface area contributed by atoms with E-state index in [9.17, 15) is 5.11 Å². The van der Waals surface area contributed by atoms with Crippen molar-refractivity contribution in [2.24, 2.45) is 0 Å². The normalized spacial score (nSPS) is 39.6. The number of rotatable bonds is 2. The van der Waals surface area contributed by atoms with Gasteiger partial charge in [-0.25, -0.2) is 0 Å². The van der Waals surface area contributed by atoms with Gasteiger partial charge in [-0.2, -0.15) is 0 Å². The number of hydrogen-bond acceptors (Lipinski definition) is 3. The van der Waals surface area contributed by atoms with Crippen molar-refractivity contribution in [3.8, 4) is 0 Å². The smallest absolute Gasteiger partial charge is 0.158 e. The van der Waals surface area contributed by atoms with E-state index < -0.39 is 0 Å². The SMILES string of the molecule is OC1C=CC(OC2CCCCO2)C1. The molecule has 0 saturated carbocycles. The van der Waals surface area contributed by atoms with Crippen LogP contribution in [0.1, 0.15) is 25.7 Å². The Bertz CT molecular complexity index is 185. The fraction of sp³-hybridized carbons (Fsp3) is 0.800. The summed E-state index contributed by atoms with van der Waals surface area (Å²) < 4.78 is 11.1. The van der Waals surface area contributed by atoms with E-state index in [0.29, 0.717) is 6.42 Å². The van der Waals surface area contributed by atoms with Gasteiger partial charge in [-0.3, -0.25) is 0 Å². The quantitative estimate of drug-likeness (QED) is 0.656. The molecular formula is C10H16O3. The molecule has 0 aromatic carbocycles. The van der Waals surface area contributed by atoms with Crippen LogP contribution in [0.5, 0.6) is 0 Å². The van der Waals surface area contributed by atoms with E-state index in [1.807, 2.05) is 6.08 Å². The molecule has 1 N–H and O–H groups in total. The second kappa shape index (κ2) is 4.22. The summed E-state index contributed by atoms with van der Waals surface area (Å²) in [6, 6.07) is 0. The first-order valence-electron chi connectivity index (χ1n) is 4.98. The van der Waals surface area contributed by atoms with Crippen molar-refractivity contribution in [3.63, 3.8) is 0 Å². The van der Waals surface area contributed by atoms with Crippen LogP contribution in [0.15, 0.2) is 12.2 Å². The summed E-state index contributed by atoms with van der Waals surface area (Å²) in [6.07, 6.45) is 7.38. The van der Waals surface area contributed by atoms with Crippen LogP contribution in [0.3, 0.4) is 0 Å². The highest BCUT2D eigenvalue weighted by atomic mass is 16.7. The van der Waals surface area contributed by atoms with Crippen LogP contribution in [-0.4, -0.2) is 30.2 Å². The molecule has 0 radical (unpaired) electrons. The van der Waals surface area contributed by atoms with Crippen LogP contribution in [0.25, 0.3) is 0 Å². The van der Waals surface area contributed by atoms with E-state index in [1.165, 1.54) is 6.42 Å². The Morgan fingerprint density at radius 3 is 2.85 bits per heavy atom. The molecule has 0 spiro atoms. The van der Waals surface area contributed by atoms with Crippen molar-refractivity contribution >= 4 is 0 Å². The number of aliphatic hydroxyl groups excluding tert-OH is 1. The molecule has 0 bridgehead atoms. The summed E-state index contributed by atoms with van der Waals surface area (Å²) in [5, 5.41) is 9.22. The highest BCUT2D eigenvalue weighted by Gasteiger charge is 2.22. The van der Waals surface area contributed by atoms with Gasteiger partial charge in [-0.05, 0) is 19.3 Å². The first-order valence-corrected chi connectivity index (χ1v) is 4.98. The van der Waals surface area contributed by atoms with E-state index in [2.05, 4.69) is 0 Å².